The zero-order valence-corrected chi connectivity index (χ0v) is 19.0. The van der Waals surface area contributed by atoms with Crippen molar-refractivity contribution < 1.29 is 9.59 Å². The number of aromatic amines is 1. The van der Waals surface area contributed by atoms with Crippen LogP contribution in [0.4, 0.5) is 0 Å². The molecule has 3 aromatic rings. The molecule has 0 saturated carbocycles. The van der Waals surface area contributed by atoms with Crippen molar-refractivity contribution >= 4 is 11.8 Å². The summed E-state index contributed by atoms with van der Waals surface area (Å²) in [5.74, 6) is 0.0229. The van der Waals surface area contributed by atoms with Crippen LogP contribution in [0.2, 0.25) is 0 Å². The highest BCUT2D eigenvalue weighted by Gasteiger charge is 2.37. The number of carbonyl (C=O) groups is 2. The zero-order chi connectivity index (χ0) is 23.5. The van der Waals surface area contributed by atoms with Crippen LogP contribution in [0.25, 0.3) is 0 Å². The summed E-state index contributed by atoms with van der Waals surface area (Å²) in [5.41, 5.74) is 2.70. The fourth-order valence-corrected chi connectivity index (χ4v) is 4.69. The predicted molar refractivity (Wildman–Crippen MR) is 130 cm³/mol. The van der Waals surface area contributed by atoms with Crippen molar-refractivity contribution in [3.63, 3.8) is 0 Å². The van der Waals surface area contributed by atoms with Gasteiger partial charge in [0, 0.05) is 69.1 Å². The number of likely N-dealkylation sites (tertiary alicyclic amines) is 1. The van der Waals surface area contributed by atoms with Crippen molar-refractivity contribution in [2.24, 2.45) is 0 Å². The average molecular weight is 457 g/mol. The third-order valence-corrected chi connectivity index (χ3v) is 6.75. The topological polar surface area (TPSA) is 76.7 Å². The lowest BCUT2D eigenvalue weighted by Gasteiger charge is -2.48. The molecule has 5 rings (SSSR count). The predicted octanol–water partition coefficient (Wildman–Crippen LogP) is 2.25. The van der Waals surface area contributed by atoms with Gasteiger partial charge in [-0.15, -0.1) is 0 Å². The van der Waals surface area contributed by atoms with Gasteiger partial charge in [-0.1, -0.05) is 48.5 Å². The number of benzene rings is 2. The molecular weight excluding hydrogens is 428 g/mol. The largest absolute Gasteiger partial charge is 0.336 e. The van der Waals surface area contributed by atoms with Crippen molar-refractivity contribution in [3.8, 4) is 0 Å². The fourth-order valence-electron chi connectivity index (χ4n) is 4.69. The van der Waals surface area contributed by atoms with Gasteiger partial charge in [-0.05, 0) is 23.8 Å². The van der Waals surface area contributed by atoms with E-state index in [1.807, 2.05) is 70.5 Å². The van der Waals surface area contributed by atoms with Crippen molar-refractivity contribution in [2.45, 2.75) is 12.5 Å². The van der Waals surface area contributed by atoms with E-state index in [1.165, 1.54) is 6.20 Å². The highest BCUT2D eigenvalue weighted by atomic mass is 16.2. The fraction of sp³-hybridized carbons (Fsp3) is 0.296. The molecule has 2 fully saturated rings. The Morgan fingerprint density at radius 3 is 2.09 bits per heavy atom. The number of H-pyrrole nitrogens is 1. The first-order valence-corrected chi connectivity index (χ1v) is 11.7. The van der Waals surface area contributed by atoms with Crippen molar-refractivity contribution in [1.29, 1.82) is 0 Å². The first-order chi connectivity index (χ1) is 16.6. The molecule has 2 aliphatic heterocycles. The molecule has 0 radical (unpaired) electrons. The monoisotopic (exact) mass is 456 g/mol. The Bertz CT molecular complexity index is 1210. The van der Waals surface area contributed by atoms with E-state index in [-0.39, 0.29) is 17.4 Å². The first kappa shape index (κ1) is 22.1. The highest BCUT2D eigenvalue weighted by molar-refractivity contribution is 5.95. The Hall–Kier alpha value is -3.71. The maximum atomic E-state index is 13.0. The number of amides is 2. The molecule has 1 N–H and O–H groups in total. The number of pyridine rings is 1. The normalized spacial score (nSPS) is 16.8. The van der Waals surface area contributed by atoms with Crippen LogP contribution < -0.4 is 5.56 Å². The quantitative estimate of drug-likeness (QED) is 0.639. The third-order valence-electron chi connectivity index (χ3n) is 6.75. The standard InChI is InChI=1S/C27H28N4O3/c32-25-22(15-20-7-3-1-4-8-20)16-23(17-28-25)27(34)31-18-24(19-31)29-11-13-30(14-12-29)26(33)21-9-5-2-6-10-21/h1-10,16-17,24H,11-15,18-19H2,(H,28,32). The van der Waals surface area contributed by atoms with Gasteiger partial charge in [0.2, 0.25) is 0 Å². The number of nitrogens with zero attached hydrogens (tertiary/aromatic N) is 3. The van der Waals surface area contributed by atoms with Crippen LogP contribution in [0.3, 0.4) is 0 Å². The second-order valence-corrected chi connectivity index (χ2v) is 8.96. The summed E-state index contributed by atoms with van der Waals surface area (Å²) in [6.07, 6.45) is 2.01. The van der Waals surface area contributed by atoms with Crippen LogP contribution in [0.1, 0.15) is 31.8 Å². The van der Waals surface area contributed by atoms with Crippen LogP contribution in [0.5, 0.6) is 0 Å². The van der Waals surface area contributed by atoms with Gasteiger partial charge in [0.25, 0.3) is 17.4 Å². The molecule has 2 amide bonds. The minimum absolute atomic E-state index is 0.0558. The lowest BCUT2D eigenvalue weighted by Crippen LogP contribution is -2.64. The van der Waals surface area contributed by atoms with Gasteiger partial charge in [0.15, 0.2) is 0 Å². The molecule has 1 aromatic heterocycles. The summed E-state index contributed by atoms with van der Waals surface area (Å²) in [7, 11) is 0. The number of nitrogens with one attached hydrogen (secondary N) is 1. The van der Waals surface area contributed by atoms with E-state index in [4.69, 9.17) is 0 Å². The van der Waals surface area contributed by atoms with Crippen LogP contribution in [0, 0.1) is 0 Å². The molecule has 2 aromatic carbocycles. The minimum Gasteiger partial charge on any atom is -0.336 e. The second-order valence-electron chi connectivity index (χ2n) is 8.96. The van der Waals surface area contributed by atoms with Crippen LogP contribution in [-0.4, -0.2) is 76.8 Å². The summed E-state index contributed by atoms with van der Waals surface area (Å²) < 4.78 is 0. The third kappa shape index (κ3) is 4.65. The number of carbonyl (C=O) groups excluding carboxylic acids is 2. The van der Waals surface area contributed by atoms with Crippen LogP contribution in [-0.2, 0) is 6.42 Å². The lowest BCUT2D eigenvalue weighted by molar-refractivity contribution is 0.00851. The summed E-state index contributed by atoms with van der Waals surface area (Å²) in [5, 5.41) is 0. The molecule has 3 heterocycles. The molecule has 174 valence electrons. The number of hydrogen-bond donors (Lipinski definition) is 1. The summed E-state index contributed by atoms with van der Waals surface area (Å²) in [6.45, 7) is 4.34. The number of piperazine rings is 1. The average Bonchev–Trinajstić information content (AvgIpc) is 2.85. The Morgan fingerprint density at radius 1 is 0.794 bits per heavy atom. The van der Waals surface area contributed by atoms with E-state index < -0.39 is 0 Å². The molecule has 7 nitrogen and oxygen atoms in total. The molecule has 0 spiro atoms. The van der Waals surface area contributed by atoms with E-state index in [9.17, 15) is 14.4 Å². The van der Waals surface area contributed by atoms with Gasteiger partial charge >= 0.3 is 0 Å². The van der Waals surface area contributed by atoms with Crippen LogP contribution >= 0.6 is 0 Å². The maximum Gasteiger partial charge on any atom is 0.255 e. The van der Waals surface area contributed by atoms with E-state index >= 15 is 0 Å². The van der Waals surface area contributed by atoms with Crippen LogP contribution in [0.15, 0.2) is 77.7 Å². The first-order valence-electron chi connectivity index (χ1n) is 11.7. The van der Waals surface area contributed by atoms with Gasteiger partial charge < -0.3 is 14.8 Å². The Kier molecular flexibility index (Phi) is 6.27. The van der Waals surface area contributed by atoms with E-state index in [0.717, 1.165) is 24.2 Å². The molecule has 2 saturated heterocycles. The molecule has 7 heteroatoms. The Morgan fingerprint density at radius 2 is 1.41 bits per heavy atom. The lowest BCUT2D eigenvalue weighted by atomic mass is 10.0. The van der Waals surface area contributed by atoms with Gasteiger partial charge in [-0.3, -0.25) is 19.3 Å². The molecular formula is C27H28N4O3. The van der Waals surface area contributed by atoms with Crippen molar-refractivity contribution in [1.82, 2.24) is 19.7 Å². The number of aromatic nitrogens is 1. The summed E-state index contributed by atoms with van der Waals surface area (Å²) in [6, 6.07) is 21.2. The highest BCUT2D eigenvalue weighted by Crippen LogP contribution is 2.20. The van der Waals surface area contributed by atoms with Gasteiger partial charge in [-0.25, -0.2) is 0 Å². The van der Waals surface area contributed by atoms with E-state index in [1.54, 1.807) is 6.07 Å². The smallest absolute Gasteiger partial charge is 0.255 e. The number of rotatable bonds is 5. The maximum absolute atomic E-state index is 13.0. The minimum atomic E-state index is -0.162. The molecule has 0 bridgehead atoms. The van der Waals surface area contributed by atoms with E-state index in [0.29, 0.717) is 49.8 Å². The Labute approximate surface area is 198 Å². The van der Waals surface area contributed by atoms with E-state index in [2.05, 4.69) is 9.88 Å². The van der Waals surface area contributed by atoms with Gasteiger partial charge in [0.1, 0.15) is 0 Å². The number of hydrogen-bond acceptors (Lipinski definition) is 4. The van der Waals surface area contributed by atoms with Gasteiger partial charge in [-0.2, -0.15) is 0 Å². The molecule has 34 heavy (non-hydrogen) atoms. The molecule has 0 atom stereocenters. The molecule has 0 unspecified atom stereocenters. The summed E-state index contributed by atoms with van der Waals surface area (Å²) in [4.78, 5) is 46.7. The van der Waals surface area contributed by atoms with Crippen molar-refractivity contribution in [2.75, 3.05) is 39.3 Å². The second kappa shape index (κ2) is 9.65. The SMILES string of the molecule is O=C(c1ccccc1)N1CCN(C2CN(C(=O)c3c[nH]c(=O)c(Cc4ccccc4)c3)C2)CC1. The zero-order valence-electron chi connectivity index (χ0n) is 19.0. The Balaban J connectivity index is 1.14. The summed E-state index contributed by atoms with van der Waals surface area (Å²) >= 11 is 0. The molecule has 0 aliphatic carbocycles. The van der Waals surface area contributed by atoms with Crippen molar-refractivity contribution in [3.05, 3.63) is 106 Å². The van der Waals surface area contributed by atoms with Gasteiger partial charge in [0.05, 0.1) is 5.56 Å². The molecule has 2 aliphatic rings.